The molecule has 0 N–H and O–H groups in total. The third-order valence-corrected chi connectivity index (χ3v) is 3.27. The molecule has 1 aliphatic rings. The van der Waals surface area contributed by atoms with Crippen LogP contribution in [0.2, 0.25) is 0 Å². The van der Waals surface area contributed by atoms with Crippen molar-refractivity contribution < 1.29 is 4.74 Å². The molecule has 0 saturated carbocycles. The van der Waals surface area contributed by atoms with Gasteiger partial charge in [-0.3, -0.25) is 0 Å². The minimum absolute atomic E-state index is 0.579. The third kappa shape index (κ3) is 1.52. The highest BCUT2D eigenvalue weighted by atomic mass is 32.1. The molecule has 0 spiro atoms. The van der Waals surface area contributed by atoms with Gasteiger partial charge in [-0.1, -0.05) is 6.92 Å². The Balaban J connectivity index is 2.11. The molecule has 1 fully saturated rings. The van der Waals surface area contributed by atoms with E-state index in [1.165, 1.54) is 10.7 Å². The molecule has 2 rings (SSSR count). The summed E-state index contributed by atoms with van der Waals surface area (Å²) in [4.78, 5) is 4.55. The predicted octanol–water partition coefficient (Wildman–Crippen LogP) is 2.21. The highest BCUT2D eigenvalue weighted by molar-refractivity contribution is 7.09. The molecule has 0 aliphatic carbocycles. The Morgan fingerprint density at radius 2 is 2.67 bits per heavy atom. The van der Waals surface area contributed by atoms with E-state index in [4.69, 9.17) is 4.74 Å². The highest BCUT2D eigenvalue weighted by Gasteiger charge is 2.20. The first kappa shape index (κ1) is 8.20. The molecule has 0 aromatic carbocycles. The van der Waals surface area contributed by atoms with E-state index in [-0.39, 0.29) is 0 Å². The van der Waals surface area contributed by atoms with Crippen molar-refractivity contribution in [1.29, 1.82) is 0 Å². The van der Waals surface area contributed by atoms with E-state index < -0.39 is 0 Å². The van der Waals surface area contributed by atoms with Crippen molar-refractivity contribution in [3.05, 3.63) is 16.1 Å². The van der Waals surface area contributed by atoms with Gasteiger partial charge >= 0.3 is 0 Å². The third-order valence-electron chi connectivity index (χ3n) is 2.21. The Morgan fingerprint density at radius 3 is 3.25 bits per heavy atom. The molecule has 0 amide bonds. The monoisotopic (exact) mass is 183 g/mol. The quantitative estimate of drug-likeness (QED) is 0.701. The molecule has 0 radical (unpaired) electrons. The van der Waals surface area contributed by atoms with E-state index in [1.807, 2.05) is 0 Å². The van der Waals surface area contributed by atoms with Crippen LogP contribution in [0.3, 0.4) is 0 Å². The first-order chi connectivity index (χ1) is 5.90. The van der Waals surface area contributed by atoms with Gasteiger partial charge in [0.05, 0.1) is 17.3 Å². The maximum absolute atomic E-state index is 5.32. The van der Waals surface area contributed by atoms with Crippen LogP contribution in [0, 0.1) is 0 Å². The second-order valence-corrected chi connectivity index (χ2v) is 3.98. The Hall–Kier alpha value is -0.410. The predicted molar refractivity (Wildman–Crippen MR) is 49.7 cm³/mol. The van der Waals surface area contributed by atoms with Crippen LogP contribution in [0.1, 0.15) is 30.0 Å². The molecule has 1 saturated heterocycles. The molecule has 1 aromatic heterocycles. The average molecular weight is 183 g/mol. The van der Waals surface area contributed by atoms with Crippen molar-refractivity contribution in [2.24, 2.45) is 0 Å². The zero-order valence-electron chi connectivity index (χ0n) is 7.25. The fourth-order valence-electron chi connectivity index (χ4n) is 1.40. The lowest BCUT2D eigenvalue weighted by Gasteiger charge is -2.00. The minimum atomic E-state index is 0.579. The summed E-state index contributed by atoms with van der Waals surface area (Å²) in [6.07, 6.45) is 2.20. The van der Waals surface area contributed by atoms with Crippen molar-refractivity contribution >= 4 is 11.3 Å². The molecule has 1 aromatic rings. The standard InChI is InChI=1S/C9H13NOS/c1-2-8-6-12-9(10-8)7-3-4-11-5-7/h6-7H,2-5H2,1H3. The number of hydrogen-bond donors (Lipinski definition) is 0. The molecule has 2 nitrogen and oxygen atoms in total. The fraction of sp³-hybridized carbons (Fsp3) is 0.667. The molecular formula is C9H13NOS. The fourth-order valence-corrected chi connectivity index (χ4v) is 2.43. The first-order valence-corrected chi connectivity index (χ1v) is 5.30. The molecule has 3 heteroatoms. The van der Waals surface area contributed by atoms with Crippen molar-refractivity contribution in [2.45, 2.75) is 25.7 Å². The number of aromatic nitrogens is 1. The van der Waals surface area contributed by atoms with Gasteiger partial charge < -0.3 is 4.74 Å². The minimum Gasteiger partial charge on any atom is -0.381 e. The number of hydrogen-bond acceptors (Lipinski definition) is 3. The number of thiazole rings is 1. The maximum atomic E-state index is 5.32. The summed E-state index contributed by atoms with van der Waals surface area (Å²) in [5, 5.41) is 3.43. The second-order valence-electron chi connectivity index (χ2n) is 3.09. The van der Waals surface area contributed by atoms with Gasteiger partial charge in [0.15, 0.2) is 0 Å². The lowest BCUT2D eigenvalue weighted by atomic mass is 10.1. The van der Waals surface area contributed by atoms with Crippen LogP contribution >= 0.6 is 11.3 Å². The van der Waals surface area contributed by atoms with Crippen LogP contribution in [-0.2, 0) is 11.2 Å². The normalized spacial score (nSPS) is 23.2. The Bertz CT molecular complexity index is 253. The topological polar surface area (TPSA) is 22.1 Å². The van der Waals surface area contributed by atoms with Crippen LogP contribution in [-0.4, -0.2) is 18.2 Å². The number of nitrogens with zero attached hydrogens (tertiary/aromatic N) is 1. The largest absolute Gasteiger partial charge is 0.381 e. The van der Waals surface area contributed by atoms with Gasteiger partial charge in [-0.25, -0.2) is 4.98 Å². The van der Waals surface area contributed by atoms with Gasteiger partial charge in [-0.15, -0.1) is 11.3 Å². The summed E-state index contributed by atoms with van der Waals surface area (Å²) in [6, 6.07) is 0. The first-order valence-electron chi connectivity index (χ1n) is 4.42. The summed E-state index contributed by atoms with van der Waals surface area (Å²) in [5.41, 5.74) is 1.22. The van der Waals surface area contributed by atoms with Gasteiger partial charge in [0.25, 0.3) is 0 Å². The van der Waals surface area contributed by atoms with Gasteiger partial charge in [0.1, 0.15) is 0 Å². The molecule has 12 heavy (non-hydrogen) atoms. The van der Waals surface area contributed by atoms with Gasteiger partial charge in [-0.05, 0) is 12.8 Å². The second kappa shape index (κ2) is 3.54. The lowest BCUT2D eigenvalue weighted by Crippen LogP contribution is -1.96. The number of aryl methyl sites for hydroxylation is 1. The molecule has 0 bridgehead atoms. The summed E-state index contributed by atoms with van der Waals surface area (Å²) in [7, 11) is 0. The van der Waals surface area contributed by atoms with Gasteiger partial charge in [0.2, 0.25) is 0 Å². The smallest absolute Gasteiger partial charge is 0.0983 e. The summed E-state index contributed by atoms with van der Waals surface area (Å²) in [5.74, 6) is 0.579. The van der Waals surface area contributed by atoms with Crippen molar-refractivity contribution in [3.8, 4) is 0 Å². The Labute approximate surface area is 76.6 Å². The van der Waals surface area contributed by atoms with E-state index in [2.05, 4.69) is 17.3 Å². The van der Waals surface area contributed by atoms with Crippen molar-refractivity contribution in [1.82, 2.24) is 4.98 Å². The number of rotatable bonds is 2. The molecular weight excluding hydrogens is 170 g/mol. The van der Waals surface area contributed by atoms with Crippen LogP contribution in [0.5, 0.6) is 0 Å². The molecule has 2 heterocycles. The molecule has 1 unspecified atom stereocenters. The maximum Gasteiger partial charge on any atom is 0.0983 e. The van der Waals surface area contributed by atoms with E-state index in [1.54, 1.807) is 11.3 Å². The van der Waals surface area contributed by atoms with E-state index in [0.29, 0.717) is 5.92 Å². The average Bonchev–Trinajstić information content (AvgIpc) is 2.75. The zero-order valence-corrected chi connectivity index (χ0v) is 8.06. The van der Waals surface area contributed by atoms with Crippen LogP contribution in [0.15, 0.2) is 5.38 Å². The van der Waals surface area contributed by atoms with Crippen LogP contribution < -0.4 is 0 Å². The van der Waals surface area contributed by atoms with E-state index in [9.17, 15) is 0 Å². The van der Waals surface area contributed by atoms with Gasteiger partial charge in [0, 0.05) is 17.9 Å². The van der Waals surface area contributed by atoms with Crippen molar-refractivity contribution in [3.63, 3.8) is 0 Å². The van der Waals surface area contributed by atoms with Crippen LogP contribution in [0.25, 0.3) is 0 Å². The van der Waals surface area contributed by atoms with E-state index in [0.717, 1.165) is 26.1 Å². The summed E-state index contributed by atoms with van der Waals surface area (Å²) >= 11 is 1.78. The molecule has 1 atom stereocenters. The van der Waals surface area contributed by atoms with Gasteiger partial charge in [-0.2, -0.15) is 0 Å². The SMILES string of the molecule is CCc1csc(C2CCOC2)n1. The Kier molecular flexibility index (Phi) is 2.42. The lowest BCUT2D eigenvalue weighted by molar-refractivity contribution is 0.194. The summed E-state index contributed by atoms with van der Waals surface area (Å²) in [6.45, 7) is 3.92. The Morgan fingerprint density at radius 1 is 1.75 bits per heavy atom. The zero-order chi connectivity index (χ0) is 8.39. The van der Waals surface area contributed by atoms with Crippen molar-refractivity contribution in [2.75, 3.05) is 13.2 Å². The molecule has 66 valence electrons. The van der Waals surface area contributed by atoms with Crippen LogP contribution in [0.4, 0.5) is 0 Å². The molecule has 1 aliphatic heterocycles. The number of ether oxygens (including phenoxy) is 1. The van der Waals surface area contributed by atoms with E-state index >= 15 is 0 Å². The highest BCUT2D eigenvalue weighted by Crippen LogP contribution is 2.27. The summed E-state index contributed by atoms with van der Waals surface area (Å²) < 4.78 is 5.32.